The molecule has 1 fully saturated rings. The second-order valence-corrected chi connectivity index (χ2v) is 4.69. The molecule has 1 aliphatic carbocycles. The van der Waals surface area contributed by atoms with Gasteiger partial charge in [-0.2, -0.15) is 0 Å². The van der Waals surface area contributed by atoms with Crippen LogP contribution in [0.1, 0.15) is 33.6 Å². The van der Waals surface area contributed by atoms with E-state index in [1.54, 1.807) is 0 Å². The summed E-state index contributed by atoms with van der Waals surface area (Å²) >= 11 is 0. The summed E-state index contributed by atoms with van der Waals surface area (Å²) in [6, 6.07) is 0.447. The summed E-state index contributed by atoms with van der Waals surface area (Å²) in [5.74, 6) is 0. The predicted molar refractivity (Wildman–Crippen MR) is 57.3 cm³/mol. The second-order valence-electron chi connectivity index (χ2n) is 4.69. The zero-order valence-electron chi connectivity index (χ0n) is 9.55. The van der Waals surface area contributed by atoms with Gasteiger partial charge in [-0.05, 0) is 12.8 Å². The van der Waals surface area contributed by atoms with E-state index in [1.807, 2.05) is 0 Å². The van der Waals surface area contributed by atoms with Gasteiger partial charge >= 0.3 is 0 Å². The Morgan fingerprint density at radius 3 is 2.64 bits per heavy atom. The summed E-state index contributed by atoms with van der Waals surface area (Å²) in [7, 11) is 0. The smallest absolute Gasteiger partial charge is 0.0621 e. The molecule has 0 spiro atoms. The Bertz CT molecular complexity index is 171. The van der Waals surface area contributed by atoms with Crippen LogP contribution >= 0.6 is 0 Å². The van der Waals surface area contributed by atoms with Crippen LogP contribution in [0, 0.1) is 5.41 Å². The SMILES string of the molecule is CCCOCCNC1CC(O)C1(C)C. The fourth-order valence-corrected chi connectivity index (χ4v) is 1.80. The maximum Gasteiger partial charge on any atom is 0.0621 e. The molecule has 3 nitrogen and oxygen atoms in total. The minimum absolute atomic E-state index is 0.0325. The molecule has 2 N–H and O–H groups in total. The first-order valence-electron chi connectivity index (χ1n) is 5.58. The lowest BCUT2D eigenvalue weighted by Gasteiger charge is -2.49. The molecule has 84 valence electrons. The Hall–Kier alpha value is -0.120. The van der Waals surface area contributed by atoms with Gasteiger partial charge in [0.15, 0.2) is 0 Å². The van der Waals surface area contributed by atoms with E-state index in [9.17, 15) is 5.11 Å². The molecule has 0 aromatic rings. The van der Waals surface area contributed by atoms with E-state index in [-0.39, 0.29) is 11.5 Å². The lowest BCUT2D eigenvalue weighted by Crippen LogP contribution is -2.60. The number of rotatable bonds is 6. The van der Waals surface area contributed by atoms with Crippen LogP contribution in [0.2, 0.25) is 0 Å². The van der Waals surface area contributed by atoms with Gasteiger partial charge in [0.1, 0.15) is 0 Å². The highest BCUT2D eigenvalue weighted by molar-refractivity contribution is 5.01. The van der Waals surface area contributed by atoms with Crippen molar-refractivity contribution >= 4 is 0 Å². The molecule has 0 heterocycles. The number of hydrogen-bond donors (Lipinski definition) is 2. The normalized spacial score (nSPS) is 30.0. The van der Waals surface area contributed by atoms with Gasteiger partial charge in [0, 0.05) is 24.6 Å². The Labute approximate surface area is 86.8 Å². The first-order valence-corrected chi connectivity index (χ1v) is 5.58. The Morgan fingerprint density at radius 1 is 1.43 bits per heavy atom. The molecule has 2 atom stereocenters. The summed E-state index contributed by atoms with van der Waals surface area (Å²) in [4.78, 5) is 0. The molecule has 1 rings (SSSR count). The standard InChI is InChI=1S/C11H23NO2/c1-4-6-14-7-5-12-9-8-10(13)11(9,2)3/h9-10,12-13H,4-8H2,1-3H3. The molecule has 0 bridgehead atoms. The third-order valence-electron chi connectivity index (χ3n) is 3.20. The van der Waals surface area contributed by atoms with Crippen LogP contribution in [0.5, 0.6) is 0 Å². The van der Waals surface area contributed by atoms with E-state index < -0.39 is 0 Å². The Kier molecular flexibility index (Phi) is 4.35. The van der Waals surface area contributed by atoms with Gasteiger partial charge in [-0.15, -0.1) is 0 Å². The van der Waals surface area contributed by atoms with Gasteiger partial charge in [-0.3, -0.25) is 0 Å². The molecule has 2 unspecified atom stereocenters. The second kappa shape index (κ2) is 5.10. The zero-order valence-corrected chi connectivity index (χ0v) is 9.55. The molecule has 0 aromatic carbocycles. The first-order chi connectivity index (χ1) is 6.59. The number of aliphatic hydroxyl groups is 1. The van der Waals surface area contributed by atoms with Crippen LogP contribution in [0.3, 0.4) is 0 Å². The minimum atomic E-state index is -0.142. The maximum atomic E-state index is 9.52. The monoisotopic (exact) mass is 201 g/mol. The molecule has 3 heteroatoms. The lowest BCUT2D eigenvalue weighted by molar-refractivity contribution is -0.0737. The van der Waals surface area contributed by atoms with Crippen molar-refractivity contribution in [2.45, 2.75) is 45.8 Å². The van der Waals surface area contributed by atoms with Crippen molar-refractivity contribution in [1.82, 2.24) is 5.32 Å². The van der Waals surface area contributed by atoms with Gasteiger partial charge in [-0.25, -0.2) is 0 Å². The molecule has 0 aromatic heterocycles. The van der Waals surface area contributed by atoms with Crippen LogP contribution in [-0.2, 0) is 4.74 Å². The van der Waals surface area contributed by atoms with Gasteiger partial charge < -0.3 is 15.2 Å². The fourth-order valence-electron chi connectivity index (χ4n) is 1.80. The van der Waals surface area contributed by atoms with Gasteiger partial charge in [0.05, 0.1) is 12.7 Å². The number of nitrogens with one attached hydrogen (secondary N) is 1. The maximum absolute atomic E-state index is 9.52. The Morgan fingerprint density at radius 2 is 2.14 bits per heavy atom. The average molecular weight is 201 g/mol. The van der Waals surface area contributed by atoms with Gasteiger partial charge in [0.2, 0.25) is 0 Å². The van der Waals surface area contributed by atoms with Crippen molar-refractivity contribution in [1.29, 1.82) is 0 Å². The highest BCUT2D eigenvalue weighted by Gasteiger charge is 2.46. The van der Waals surface area contributed by atoms with Crippen molar-refractivity contribution in [2.24, 2.45) is 5.41 Å². The Balaban J connectivity index is 2.03. The van der Waals surface area contributed by atoms with Crippen LogP contribution < -0.4 is 5.32 Å². The summed E-state index contributed by atoms with van der Waals surface area (Å²) in [5, 5.41) is 12.9. The average Bonchev–Trinajstić information content (AvgIpc) is 2.16. The fraction of sp³-hybridized carbons (Fsp3) is 1.00. The lowest BCUT2D eigenvalue weighted by atomic mass is 9.64. The molecular weight excluding hydrogens is 178 g/mol. The number of aliphatic hydroxyl groups excluding tert-OH is 1. The molecular formula is C11H23NO2. The van der Waals surface area contributed by atoms with Crippen LogP contribution in [0.15, 0.2) is 0 Å². The number of hydrogen-bond acceptors (Lipinski definition) is 3. The molecule has 0 saturated heterocycles. The highest BCUT2D eigenvalue weighted by Crippen LogP contribution is 2.40. The van der Waals surface area contributed by atoms with E-state index in [2.05, 4.69) is 26.1 Å². The molecule has 0 aliphatic heterocycles. The topological polar surface area (TPSA) is 41.5 Å². The zero-order chi connectivity index (χ0) is 10.6. The van der Waals surface area contributed by atoms with Crippen LogP contribution in [-0.4, -0.2) is 37.0 Å². The van der Waals surface area contributed by atoms with Crippen molar-refractivity contribution in [3.8, 4) is 0 Å². The highest BCUT2D eigenvalue weighted by atomic mass is 16.5. The molecule has 0 radical (unpaired) electrons. The van der Waals surface area contributed by atoms with Crippen LogP contribution in [0.25, 0.3) is 0 Å². The van der Waals surface area contributed by atoms with Gasteiger partial charge in [0.25, 0.3) is 0 Å². The summed E-state index contributed by atoms with van der Waals surface area (Å²) in [6.07, 6.45) is 1.81. The van der Waals surface area contributed by atoms with E-state index in [4.69, 9.17) is 4.74 Å². The molecule has 1 aliphatic rings. The first kappa shape index (κ1) is 12.0. The third kappa shape index (κ3) is 2.69. The summed E-state index contributed by atoms with van der Waals surface area (Å²) < 4.78 is 5.37. The quantitative estimate of drug-likeness (QED) is 0.634. The van der Waals surface area contributed by atoms with E-state index in [0.717, 1.165) is 32.6 Å². The van der Waals surface area contributed by atoms with Crippen molar-refractivity contribution in [2.75, 3.05) is 19.8 Å². The molecule has 14 heavy (non-hydrogen) atoms. The third-order valence-corrected chi connectivity index (χ3v) is 3.20. The van der Waals surface area contributed by atoms with E-state index in [1.165, 1.54) is 0 Å². The van der Waals surface area contributed by atoms with E-state index >= 15 is 0 Å². The van der Waals surface area contributed by atoms with E-state index in [0.29, 0.717) is 6.04 Å². The van der Waals surface area contributed by atoms with Crippen molar-refractivity contribution in [3.63, 3.8) is 0 Å². The molecule has 1 saturated carbocycles. The largest absolute Gasteiger partial charge is 0.392 e. The summed E-state index contributed by atoms with van der Waals surface area (Å²) in [6.45, 7) is 8.83. The predicted octanol–water partition coefficient (Wildman–Crippen LogP) is 1.16. The van der Waals surface area contributed by atoms with Crippen LogP contribution in [0.4, 0.5) is 0 Å². The molecule has 0 amide bonds. The van der Waals surface area contributed by atoms with Crippen molar-refractivity contribution < 1.29 is 9.84 Å². The number of ether oxygens (including phenoxy) is 1. The van der Waals surface area contributed by atoms with Gasteiger partial charge in [-0.1, -0.05) is 20.8 Å². The minimum Gasteiger partial charge on any atom is -0.392 e. The summed E-state index contributed by atoms with van der Waals surface area (Å²) in [5.41, 5.74) is 0.0325. The van der Waals surface area contributed by atoms with Crippen molar-refractivity contribution in [3.05, 3.63) is 0 Å².